The van der Waals surface area contributed by atoms with Gasteiger partial charge in [-0.3, -0.25) is 4.90 Å². The van der Waals surface area contributed by atoms with Crippen LogP contribution in [0, 0.1) is 0 Å². The summed E-state index contributed by atoms with van der Waals surface area (Å²) in [6, 6.07) is 8.20. The second-order valence-corrected chi connectivity index (χ2v) is 8.43. The standard InChI is InChI=1S/C23H30N6O/c1-30-20-7-8-21(29-13-5-11-24-29)19(16-20)17-27-14-9-18(10-15-27)23-26-25-22-6-3-2-4-12-28(22)23/h5,7-8,11,13,16,18H,2-4,6,9-10,12,14-15,17H2,1H3. The molecule has 0 spiro atoms. The number of fused-ring (bicyclic) bond motifs is 1. The van der Waals surface area contributed by atoms with Gasteiger partial charge in [0, 0.05) is 37.8 Å². The summed E-state index contributed by atoms with van der Waals surface area (Å²) in [4.78, 5) is 2.54. The molecule has 2 aromatic heterocycles. The quantitative estimate of drug-likeness (QED) is 0.648. The monoisotopic (exact) mass is 406 g/mol. The first-order valence-corrected chi connectivity index (χ1v) is 11.1. The van der Waals surface area contributed by atoms with Gasteiger partial charge in [0.05, 0.1) is 12.8 Å². The van der Waals surface area contributed by atoms with Gasteiger partial charge in [-0.2, -0.15) is 5.10 Å². The molecule has 3 aromatic rings. The zero-order chi connectivity index (χ0) is 20.3. The van der Waals surface area contributed by atoms with E-state index in [1.54, 1.807) is 7.11 Å². The number of hydrogen-bond acceptors (Lipinski definition) is 5. The summed E-state index contributed by atoms with van der Waals surface area (Å²) in [7, 11) is 1.72. The van der Waals surface area contributed by atoms with E-state index in [-0.39, 0.29) is 0 Å². The van der Waals surface area contributed by atoms with E-state index in [1.165, 1.54) is 36.5 Å². The number of ether oxygens (including phenoxy) is 1. The van der Waals surface area contributed by atoms with Crippen molar-refractivity contribution < 1.29 is 4.74 Å². The lowest BCUT2D eigenvalue weighted by molar-refractivity contribution is 0.199. The number of piperidine rings is 1. The van der Waals surface area contributed by atoms with E-state index in [1.807, 2.05) is 29.2 Å². The van der Waals surface area contributed by atoms with Crippen molar-refractivity contribution >= 4 is 0 Å². The van der Waals surface area contributed by atoms with Crippen molar-refractivity contribution in [1.82, 2.24) is 29.4 Å². The normalized spacial score (nSPS) is 18.2. The number of rotatable bonds is 5. The first-order valence-electron chi connectivity index (χ1n) is 11.1. The maximum atomic E-state index is 5.48. The number of likely N-dealkylation sites (tertiary alicyclic amines) is 1. The van der Waals surface area contributed by atoms with Crippen molar-refractivity contribution in [3.63, 3.8) is 0 Å². The Morgan fingerprint density at radius 3 is 2.77 bits per heavy atom. The van der Waals surface area contributed by atoms with Crippen molar-refractivity contribution in [3.8, 4) is 11.4 Å². The molecule has 0 amide bonds. The van der Waals surface area contributed by atoms with E-state index in [0.29, 0.717) is 5.92 Å². The maximum absolute atomic E-state index is 5.48. The molecular weight excluding hydrogens is 376 g/mol. The number of methoxy groups -OCH3 is 1. The van der Waals surface area contributed by atoms with Crippen molar-refractivity contribution in [2.75, 3.05) is 20.2 Å². The zero-order valence-electron chi connectivity index (χ0n) is 17.7. The molecule has 1 fully saturated rings. The molecule has 0 unspecified atom stereocenters. The molecule has 2 aliphatic rings. The highest BCUT2D eigenvalue weighted by atomic mass is 16.5. The molecule has 4 heterocycles. The summed E-state index contributed by atoms with van der Waals surface area (Å²) in [6.07, 6.45) is 11.0. The topological polar surface area (TPSA) is 61.0 Å². The fraction of sp³-hybridized carbons (Fsp3) is 0.522. The number of aromatic nitrogens is 5. The molecule has 0 aliphatic carbocycles. The van der Waals surface area contributed by atoms with E-state index >= 15 is 0 Å². The third-order valence-electron chi connectivity index (χ3n) is 6.52. The van der Waals surface area contributed by atoms with Crippen molar-refractivity contribution in [2.24, 2.45) is 0 Å². The lowest BCUT2D eigenvalue weighted by Crippen LogP contribution is -2.33. The average molecular weight is 407 g/mol. The number of benzene rings is 1. The van der Waals surface area contributed by atoms with Crippen LogP contribution in [0.3, 0.4) is 0 Å². The van der Waals surface area contributed by atoms with Gasteiger partial charge in [0.25, 0.3) is 0 Å². The molecule has 158 valence electrons. The van der Waals surface area contributed by atoms with Gasteiger partial charge in [0.15, 0.2) is 0 Å². The molecule has 7 heteroatoms. The van der Waals surface area contributed by atoms with Gasteiger partial charge in [-0.25, -0.2) is 4.68 Å². The van der Waals surface area contributed by atoms with Crippen molar-refractivity contribution in [1.29, 1.82) is 0 Å². The number of aryl methyl sites for hydroxylation is 1. The summed E-state index contributed by atoms with van der Waals surface area (Å²) in [5.74, 6) is 3.84. The summed E-state index contributed by atoms with van der Waals surface area (Å²) >= 11 is 0. The third kappa shape index (κ3) is 3.86. The van der Waals surface area contributed by atoms with Crippen LogP contribution in [0.15, 0.2) is 36.7 Å². The highest BCUT2D eigenvalue weighted by Crippen LogP contribution is 2.30. The largest absolute Gasteiger partial charge is 0.497 e. The van der Waals surface area contributed by atoms with Crippen LogP contribution in [-0.4, -0.2) is 49.6 Å². The summed E-state index contributed by atoms with van der Waals surface area (Å²) < 4.78 is 9.84. The second-order valence-electron chi connectivity index (χ2n) is 8.43. The minimum Gasteiger partial charge on any atom is -0.497 e. The molecule has 30 heavy (non-hydrogen) atoms. The molecule has 0 saturated carbocycles. The van der Waals surface area contributed by atoms with Crippen LogP contribution in [0.2, 0.25) is 0 Å². The van der Waals surface area contributed by atoms with E-state index in [9.17, 15) is 0 Å². The highest BCUT2D eigenvalue weighted by Gasteiger charge is 2.27. The van der Waals surface area contributed by atoms with E-state index in [0.717, 1.165) is 56.9 Å². The van der Waals surface area contributed by atoms with Crippen LogP contribution < -0.4 is 4.74 Å². The van der Waals surface area contributed by atoms with E-state index in [4.69, 9.17) is 4.74 Å². The van der Waals surface area contributed by atoms with Crippen LogP contribution in [-0.2, 0) is 19.5 Å². The van der Waals surface area contributed by atoms with Crippen LogP contribution in [0.5, 0.6) is 5.75 Å². The molecule has 7 nitrogen and oxygen atoms in total. The van der Waals surface area contributed by atoms with E-state index in [2.05, 4.69) is 36.9 Å². The Kier molecular flexibility index (Phi) is 5.53. The van der Waals surface area contributed by atoms with Gasteiger partial charge < -0.3 is 9.30 Å². The average Bonchev–Trinajstić information content (AvgIpc) is 3.40. The molecule has 5 rings (SSSR count). The third-order valence-corrected chi connectivity index (χ3v) is 6.52. The van der Waals surface area contributed by atoms with Gasteiger partial charge in [0.1, 0.15) is 17.4 Å². The summed E-state index contributed by atoms with van der Waals surface area (Å²) in [6.45, 7) is 4.14. The van der Waals surface area contributed by atoms with Crippen molar-refractivity contribution in [2.45, 2.75) is 57.5 Å². The Labute approximate surface area is 177 Å². The van der Waals surface area contributed by atoms with Crippen LogP contribution in [0.4, 0.5) is 0 Å². The first-order chi connectivity index (χ1) is 14.8. The number of hydrogen-bond donors (Lipinski definition) is 0. The Morgan fingerprint density at radius 2 is 1.97 bits per heavy atom. The molecule has 1 aromatic carbocycles. The summed E-state index contributed by atoms with van der Waals surface area (Å²) in [5.41, 5.74) is 2.36. The van der Waals surface area contributed by atoms with E-state index < -0.39 is 0 Å². The molecule has 0 bridgehead atoms. The molecular formula is C23H30N6O. The molecule has 1 saturated heterocycles. The highest BCUT2D eigenvalue weighted by molar-refractivity contribution is 5.45. The minimum absolute atomic E-state index is 0.525. The van der Waals surface area contributed by atoms with Gasteiger partial charge in [0.2, 0.25) is 0 Å². The minimum atomic E-state index is 0.525. The van der Waals surface area contributed by atoms with Gasteiger partial charge in [-0.1, -0.05) is 6.42 Å². The maximum Gasteiger partial charge on any atom is 0.136 e. The van der Waals surface area contributed by atoms with Gasteiger partial charge >= 0.3 is 0 Å². The van der Waals surface area contributed by atoms with Gasteiger partial charge in [-0.15, -0.1) is 10.2 Å². The Morgan fingerprint density at radius 1 is 1.07 bits per heavy atom. The van der Waals surface area contributed by atoms with Gasteiger partial charge in [-0.05, 0) is 68.6 Å². The molecule has 0 atom stereocenters. The molecule has 2 aliphatic heterocycles. The fourth-order valence-corrected chi connectivity index (χ4v) is 4.85. The van der Waals surface area contributed by atoms with Crippen molar-refractivity contribution in [3.05, 3.63) is 53.9 Å². The number of nitrogens with zero attached hydrogens (tertiary/aromatic N) is 6. The Hall–Kier alpha value is -2.67. The lowest BCUT2D eigenvalue weighted by atomic mass is 9.95. The Bertz CT molecular complexity index is 972. The lowest BCUT2D eigenvalue weighted by Gasteiger charge is -2.32. The predicted molar refractivity (Wildman–Crippen MR) is 115 cm³/mol. The Balaban J connectivity index is 1.29. The molecule has 0 radical (unpaired) electrons. The SMILES string of the molecule is COc1ccc(-n2cccn2)c(CN2CCC(c3nnc4n3CCCCC4)CC2)c1. The second kappa shape index (κ2) is 8.60. The van der Waals surface area contributed by atoms with Crippen LogP contribution in [0.25, 0.3) is 5.69 Å². The van der Waals surface area contributed by atoms with Crippen LogP contribution >= 0.6 is 0 Å². The zero-order valence-corrected chi connectivity index (χ0v) is 17.7. The molecule has 0 N–H and O–H groups in total. The smallest absolute Gasteiger partial charge is 0.136 e. The predicted octanol–water partition coefficient (Wildman–Crippen LogP) is 3.58. The first kappa shape index (κ1) is 19.3. The fourth-order valence-electron chi connectivity index (χ4n) is 4.85. The summed E-state index contributed by atoms with van der Waals surface area (Å²) in [5, 5.41) is 13.6. The van der Waals surface area contributed by atoms with Crippen LogP contribution in [0.1, 0.15) is 55.2 Å².